The Morgan fingerprint density at radius 1 is 0.914 bits per heavy atom. The number of hydrogen-bond donors (Lipinski definition) is 0. The van der Waals surface area contributed by atoms with Crippen LogP contribution in [-0.2, 0) is 16.6 Å². The van der Waals surface area contributed by atoms with E-state index in [1.807, 2.05) is 24.3 Å². The van der Waals surface area contributed by atoms with Crippen LogP contribution in [0.25, 0.3) is 16.5 Å². The number of nitrogens with zero attached hydrogens (tertiary/aromatic N) is 2. The zero-order valence-corrected chi connectivity index (χ0v) is 20.4. The van der Waals surface area contributed by atoms with Gasteiger partial charge in [-0.25, -0.2) is 17.2 Å². The number of hydrogen-bond acceptors (Lipinski definition) is 2. The monoisotopic (exact) mass is 492 g/mol. The van der Waals surface area contributed by atoms with Crippen molar-refractivity contribution < 1.29 is 17.2 Å². The van der Waals surface area contributed by atoms with E-state index in [-0.39, 0.29) is 17.3 Å². The fourth-order valence-corrected chi connectivity index (χ4v) is 6.56. The summed E-state index contributed by atoms with van der Waals surface area (Å²) < 4.78 is 57.6. The molecule has 0 spiro atoms. The SMILES string of the molecule is Cc1ccc(F)cc1S(=O)(=O)N1CC=C(c2c(C)n(Cc3cccc(F)c3)c3ccccc23)CC1. The van der Waals surface area contributed by atoms with E-state index in [1.165, 1.54) is 22.5 Å². The maximum Gasteiger partial charge on any atom is 0.243 e. The standard InChI is InChI=1S/C28H26F2N2O2S/c1-19-10-11-24(30)17-27(19)35(33,34)31-14-12-22(13-15-31)28-20(2)32(26-9-4-3-8-25(26)28)18-21-6-5-7-23(29)16-21/h3-12,16-17H,13-15,18H2,1-2H3. The topological polar surface area (TPSA) is 42.3 Å². The summed E-state index contributed by atoms with van der Waals surface area (Å²) in [6.45, 7) is 4.79. The van der Waals surface area contributed by atoms with Gasteiger partial charge in [-0.05, 0) is 67.3 Å². The van der Waals surface area contributed by atoms with Gasteiger partial charge < -0.3 is 4.57 Å². The Morgan fingerprint density at radius 3 is 2.43 bits per heavy atom. The Morgan fingerprint density at radius 2 is 1.69 bits per heavy atom. The lowest BCUT2D eigenvalue weighted by molar-refractivity contribution is 0.440. The molecule has 0 atom stereocenters. The van der Waals surface area contributed by atoms with Gasteiger partial charge in [-0.1, -0.05) is 42.5 Å². The van der Waals surface area contributed by atoms with E-state index >= 15 is 0 Å². The van der Waals surface area contributed by atoms with Gasteiger partial charge >= 0.3 is 0 Å². The Labute approximate surface area is 204 Å². The normalized spacial score (nSPS) is 14.9. The first-order chi connectivity index (χ1) is 16.8. The van der Waals surface area contributed by atoms with Crippen LogP contribution in [0.1, 0.15) is 28.8 Å². The Kier molecular flexibility index (Phi) is 6.07. The van der Waals surface area contributed by atoms with E-state index in [9.17, 15) is 17.2 Å². The average molecular weight is 493 g/mol. The van der Waals surface area contributed by atoms with Gasteiger partial charge in [0.05, 0.1) is 4.90 Å². The minimum atomic E-state index is -3.80. The van der Waals surface area contributed by atoms with Crippen LogP contribution in [0.3, 0.4) is 0 Å². The van der Waals surface area contributed by atoms with E-state index in [0.29, 0.717) is 25.1 Å². The van der Waals surface area contributed by atoms with Crippen molar-refractivity contribution in [3.05, 3.63) is 107 Å². The molecule has 0 saturated heterocycles. The predicted octanol–water partition coefficient (Wildman–Crippen LogP) is 6.06. The van der Waals surface area contributed by atoms with Crippen LogP contribution in [0, 0.1) is 25.5 Å². The molecule has 5 rings (SSSR count). The number of benzene rings is 3. The lowest BCUT2D eigenvalue weighted by Crippen LogP contribution is -2.35. The molecule has 0 saturated carbocycles. The van der Waals surface area contributed by atoms with Crippen LogP contribution in [-0.4, -0.2) is 30.4 Å². The van der Waals surface area contributed by atoms with Crippen molar-refractivity contribution in [2.24, 2.45) is 0 Å². The molecule has 0 fully saturated rings. The molecule has 35 heavy (non-hydrogen) atoms. The first kappa shape index (κ1) is 23.5. The fraction of sp³-hybridized carbons (Fsp3) is 0.214. The smallest absolute Gasteiger partial charge is 0.243 e. The molecule has 0 radical (unpaired) electrons. The van der Waals surface area contributed by atoms with E-state index in [1.54, 1.807) is 19.1 Å². The number of rotatable bonds is 5. The molecule has 2 heterocycles. The van der Waals surface area contributed by atoms with Gasteiger partial charge in [0.15, 0.2) is 0 Å². The maximum atomic E-state index is 13.8. The molecule has 4 nitrogen and oxygen atoms in total. The van der Waals surface area contributed by atoms with Gasteiger partial charge in [-0.2, -0.15) is 4.31 Å². The van der Waals surface area contributed by atoms with Gasteiger partial charge in [0.2, 0.25) is 10.0 Å². The molecule has 0 N–H and O–H groups in total. The van der Waals surface area contributed by atoms with Crippen LogP contribution in [0.15, 0.2) is 77.7 Å². The molecule has 0 bridgehead atoms. The molecule has 7 heteroatoms. The van der Waals surface area contributed by atoms with Crippen molar-refractivity contribution in [2.45, 2.75) is 31.7 Å². The summed E-state index contributed by atoms with van der Waals surface area (Å²) in [5.74, 6) is -0.828. The second kappa shape index (κ2) is 9.06. The molecule has 1 aromatic heterocycles. The third-order valence-electron chi connectivity index (χ3n) is 6.72. The molecule has 0 aliphatic carbocycles. The van der Waals surface area contributed by atoms with Crippen molar-refractivity contribution >= 4 is 26.5 Å². The zero-order chi connectivity index (χ0) is 24.7. The predicted molar refractivity (Wildman–Crippen MR) is 135 cm³/mol. The van der Waals surface area contributed by atoms with Crippen LogP contribution in [0.4, 0.5) is 8.78 Å². The molecule has 0 unspecified atom stereocenters. The molecular formula is C28H26F2N2O2S. The Hall–Kier alpha value is -3.29. The highest BCUT2D eigenvalue weighted by Gasteiger charge is 2.29. The lowest BCUT2D eigenvalue weighted by atomic mass is 9.97. The molecule has 180 valence electrons. The van der Waals surface area contributed by atoms with Crippen LogP contribution in [0.2, 0.25) is 0 Å². The number of para-hydroxylation sites is 1. The summed E-state index contributed by atoms with van der Waals surface area (Å²) in [6.07, 6.45) is 2.50. The molecule has 0 amide bonds. The molecule has 4 aromatic rings. The number of fused-ring (bicyclic) bond motifs is 1. The van der Waals surface area contributed by atoms with E-state index in [0.717, 1.165) is 39.4 Å². The van der Waals surface area contributed by atoms with Gasteiger partial charge in [0.1, 0.15) is 11.6 Å². The first-order valence-electron chi connectivity index (χ1n) is 11.5. The number of aromatic nitrogens is 1. The van der Waals surface area contributed by atoms with Crippen LogP contribution in [0.5, 0.6) is 0 Å². The van der Waals surface area contributed by atoms with E-state index < -0.39 is 15.8 Å². The highest BCUT2D eigenvalue weighted by Crippen LogP contribution is 2.36. The van der Waals surface area contributed by atoms with Gasteiger partial charge in [-0.3, -0.25) is 0 Å². The number of sulfonamides is 1. The maximum absolute atomic E-state index is 13.8. The third kappa shape index (κ3) is 4.30. The molecule has 3 aromatic carbocycles. The summed E-state index contributed by atoms with van der Waals surface area (Å²) in [6, 6.07) is 18.6. The summed E-state index contributed by atoms with van der Waals surface area (Å²) in [5, 5.41) is 1.09. The van der Waals surface area contributed by atoms with Crippen LogP contribution < -0.4 is 0 Å². The highest BCUT2D eigenvalue weighted by molar-refractivity contribution is 7.89. The molecule has 1 aliphatic rings. The number of halogens is 2. The minimum absolute atomic E-state index is 0.0113. The van der Waals surface area contributed by atoms with Crippen molar-refractivity contribution in [2.75, 3.05) is 13.1 Å². The van der Waals surface area contributed by atoms with Crippen molar-refractivity contribution in [3.63, 3.8) is 0 Å². The average Bonchev–Trinajstić information content (AvgIpc) is 3.12. The quantitative estimate of drug-likeness (QED) is 0.340. The highest BCUT2D eigenvalue weighted by atomic mass is 32.2. The second-order valence-corrected chi connectivity index (χ2v) is 10.9. The molecule has 1 aliphatic heterocycles. The Bertz CT molecular complexity index is 1570. The first-order valence-corrected chi connectivity index (χ1v) is 13.0. The minimum Gasteiger partial charge on any atom is -0.340 e. The van der Waals surface area contributed by atoms with Crippen molar-refractivity contribution in [1.29, 1.82) is 0 Å². The Balaban J connectivity index is 1.50. The molecular weight excluding hydrogens is 466 g/mol. The largest absolute Gasteiger partial charge is 0.340 e. The van der Waals surface area contributed by atoms with E-state index in [4.69, 9.17) is 0 Å². The van der Waals surface area contributed by atoms with Crippen LogP contribution >= 0.6 is 0 Å². The van der Waals surface area contributed by atoms with E-state index in [2.05, 4.69) is 23.6 Å². The van der Waals surface area contributed by atoms with Crippen molar-refractivity contribution in [3.8, 4) is 0 Å². The summed E-state index contributed by atoms with van der Waals surface area (Å²) in [4.78, 5) is 0.0113. The van der Waals surface area contributed by atoms with Gasteiger partial charge in [-0.15, -0.1) is 0 Å². The van der Waals surface area contributed by atoms with Gasteiger partial charge in [0.25, 0.3) is 0 Å². The number of aryl methyl sites for hydroxylation is 1. The summed E-state index contributed by atoms with van der Waals surface area (Å²) >= 11 is 0. The fourth-order valence-electron chi connectivity index (χ4n) is 4.94. The summed E-state index contributed by atoms with van der Waals surface area (Å²) in [5.41, 5.74) is 5.68. The zero-order valence-electron chi connectivity index (χ0n) is 19.6. The third-order valence-corrected chi connectivity index (χ3v) is 8.73. The van der Waals surface area contributed by atoms with Gasteiger partial charge in [0, 0.05) is 41.8 Å². The summed E-state index contributed by atoms with van der Waals surface area (Å²) in [7, 11) is -3.80. The van der Waals surface area contributed by atoms with Crippen molar-refractivity contribution in [1.82, 2.24) is 8.87 Å². The lowest BCUT2D eigenvalue weighted by Gasteiger charge is -2.27. The second-order valence-electron chi connectivity index (χ2n) is 8.95.